The van der Waals surface area contributed by atoms with Crippen LogP contribution in [0, 0.1) is 5.41 Å². The van der Waals surface area contributed by atoms with Crippen molar-refractivity contribution in [3.63, 3.8) is 0 Å². The van der Waals surface area contributed by atoms with Gasteiger partial charge in [0.2, 0.25) is 6.29 Å². The number of cyclic esters (lactones) is 2. The SMILES string of the molecule is O=C1CC2(CCOC2=O)CC(O)O1. The van der Waals surface area contributed by atoms with Gasteiger partial charge in [0.05, 0.1) is 18.4 Å². The van der Waals surface area contributed by atoms with Crippen LogP contribution in [-0.4, -0.2) is 29.9 Å². The van der Waals surface area contributed by atoms with Crippen molar-refractivity contribution in [3.05, 3.63) is 0 Å². The van der Waals surface area contributed by atoms with E-state index < -0.39 is 17.7 Å². The van der Waals surface area contributed by atoms with Crippen molar-refractivity contribution in [1.29, 1.82) is 0 Å². The van der Waals surface area contributed by atoms with Gasteiger partial charge in [0.1, 0.15) is 0 Å². The number of carbonyl (C=O) groups is 2. The number of carbonyl (C=O) groups excluding carboxylic acids is 2. The first kappa shape index (κ1) is 8.50. The zero-order chi connectivity index (χ0) is 9.47. The molecule has 2 atom stereocenters. The van der Waals surface area contributed by atoms with E-state index in [0.717, 1.165) is 0 Å². The zero-order valence-electron chi connectivity index (χ0n) is 6.99. The van der Waals surface area contributed by atoms with E-state index >= 15 is 0 Å². The molecule has 0 radical (unpaired) electrons. The number of hydrogen-bond acceptors (Lipinski definition) is 5. The van der Waals surface area contributed by atoms with Crippen molar-refractivity contribution < 1.29 is 24.2 Å². The molecule has 2 saturated heterocycles. The maximum atomic E-state index is 11.3. The third kappa shape index (κ3) is 1.29. The number of esters is 2. The van der Waals surface area contributed by atoms with Gasteiger partial charge in [-0.15, -0.1) is 0 Å². The summed E-state index contributed by atoms with van der Waals surface area (Å²) in [5, 5.41) is 9.17. The van der Waals surface area contributed by atoms with Crippen LogP contribution < -0.4 is 0 Å². The second-order valence-electron chi connectivity index (χ2n) is 3.49. The molecular formula is C8H10O5. The van der Waals surface area contributed by atoms with Crippen molar-refractivity contribution in [1.82, 2.24) is 0 Å². The van der Waals surface area contributed by atoms with Crippen molar-refractivity contribution >= 4 is 11.9 Å². The molecule has 0 aromatic heterocycles. The fourth-order valence-corrected chi connectivity index (χ4v) is 1.86. The monoisotopic (exact) mass is 186 g/mol. The normalized spacial score (nSPS) is 39.0. The van der Waals surface area contributed by atoms with Crippen LogP contribution in [0.25, 0.3) is 0 Å². The molecule has 2 unspecified atom stereocenters. The highest BCUT2D eigenvalue weighted by Gasteiger charge is 2.51. The summed E-state index contributed by atoms with van der Waals surface area (Å²) in [4.78, 5) is 22.3. The average molecular weight is 186 g/mol. The lowest BCUT2D eigenvalue weighted by Crippen LogP contribution is -2.40. The lowest BCUT2D eigenvalue weighted by atomic mass is 9.78. The number of aliphatic hydroxyl groups is 1. The molecule has 2 heterocycles. The molecule has 0 aromatic carbocycles. The summed E-state index contributed by atoms with van der Waals surface area (Å²) >= 11 is 0. The van der Waals surface area contributed by atoms with Crippen LogP contribution >= 0.6 is 0 Å². The topological polar surface area (TPSA) is 72.8 Å². The maximum absolute atomic E-state index is 11.3. The van der Waals surface area contributed by atoms with E-state index in [4.69, 9.17) is 4.74 Å². The summed E-state index contributed by atoms with van der Waals surface area (Å²) in [5.41, 5.74) is -0.811. The van der Waals surface area contributed by atoms with Gasteiger partial charge in [-0.05, 0) is 6.42 Å². The number of aliphatic hydroxyl groups excluding tert-OH is 1. The van der Waals surface area contributed by atoms with E-state index in [1.165, 1.54) is 0 Å². The Morgan fingerprint density at radius 3 is 2.77 bits per heavy atom. The first-order valence-corrected chi connectivity index (χ1v) is 4.17. The minimum absolute atomic E-state index is 0.0306. The van der Waals surface area contributed by atoms with Crippen LogP contribution in [0.2, 0.25) is 0 Å². The standard InChI is InChI=1S/C8H10O5/c9-5-3-8(4-6(10)13-5)1-2-12-7(8)11/h5,9H,1-4H2. The van der Waals surface area contributed by atoms with E-state index in [-0.39, 0.29) is 18.8 Å². The molecule has 72 valence electrons. The lowest BCUT2D eigenvalue weighted by molar-refractivity contribution is -0.193. The van der Waals surface area contributed by atoms with E-state index in [1.807, 2.05) is 0 Å². The summed E-state index contributed by atoms with van der Waals surface area (Å²) < 4.78 is 9.32. The smallest absolute Gasteiger partial charge is 0.313 e. The fraction of sp³-hybridized carbons (Fsp3) is 0.750. The fourth-order valence-electron chi connectivity index (χ4n) is 1.86. The average Bonchev–Trinajstić information content (AvgIpc) is 2.30. The van der Waals surface area contributed by atoms with E-state index in [2.05, 4.69) is 4.74 Å². The molecular weight excluding hydrogens is 176 g/mol. The largest absolute Gasteiger partial charge is 0.465 e. The first-order valence-electron chi connectivity index (χ1n) is 4.17. The van der Waals surface area contributed by atoms with Gasteiger partial charge in [0, 0.05) is 6.42 Å². The van der Waals surface area contributed by atoms with Gasteiger partial charge >= 0.3 is 11.9 Å². The molecule has 2 rings (SSSR count). The molecule has 2 aliphatic heterocycles. The summed E-state index contributed by atoms with van der Waals surface area (Å²) in [6, 6.07) is 0. The molecule has 1 spiro atoms. The van der Waals surface area contributed by atoms with E-state index in [9.17, 15) is 14.7 Å². The molecule has 0 bridgehead atoms. The Hall–Kier alpha value is -1.10. The molecule has 2 aliphatic rings. The highest BCUT2D eigenvalue weighted by molar-refractivity contribution is 5.85. The van der Waals surface area contributed by atoms with Gasteiger partial charge in [0.15, 0.2) is 0 Å². The van der Waals surface area contributed by atoms with Gasteiger partial charge in [-0.3, -0.25) is 9.59 Å². The van der Waals surface area contributed by atoms with Crippen molar-refractivity contribution in [2.45, 2.75) is 25.6 Å². The van der Waals surface area contributed by atoms with Crippen LogP contribution in [0.1, 0.15) is 19.3 Å². The van der Waals surface area contributed by atoms with Gasteiger partial charge in [0.25, 0.3) is 0 Å². The molecule has 13 heavy (non-hydrogen) atoms. The second kappa shape index (κ2) is 2.70. The Kier molecular flexibility index (Phi) is 1.76. The molecule has 0 aliphatic carbocycles. The third-order valence-corrected chi connectivity index (χ3v) is 2.56. The molecule has 0 saturated carbocycles. The first-order chi connectivity index (χ1) is 6.12. The number of rotatable bonds is 0. The molecule has 0 amide bonds. The molecule has 2 fully saturated rings. The minimum Gasteiger partial charge on any atom is -0.465 e. The maximum Gasteiger partial charge on any atom is 0.313 e. The third-order valence-electron chi connectivity index (χ3n) is 2.56. The van der Waals surface area contributed by atoms with Crippen LogP contribution in [-0.2, 0) is 19.1 Å². The lowest BCUT2D eigenvalue weighted by Gasteiger charge is -2.30. The Morgan fingerprint density at radius 1 is 1.46 bits per heavy atom. The predicted molar refractivity (Wildman–Crippen MR) is 39.3 cm³/mol. The number of hydrogen-bond donors (Lipinski definition) is 1. The summed E-state index contributed by atoms with van der Waals surface area (Å²) in [7, 11) is 0. The highest BCUT2D eigenvalue weighted by Crippen LogP contribution is 2.41. The van der Waals surface area contributed by atoms with E-state index in [1.54, 1.807) is 0 Å². The second-order valence-corrected chi connectivity index (χ2v) is 3.49. The summed E-state index contributed by atoms with van der Waals surface area (Å²) in [5.74, 6) is -0.916. The van der Waals surface area contributed by atoms with Gasteiger partial charge in [-0.2, -0.15) is 0 Å². The van der Waals surface area contributed by atoms with Crippen molar-refractivity contribution in [3.8, 4) is 0 Å². The Bertz CT molecular complexity index is 261. The summed E-state index contributed by atoms with van der Waals surface area (Å²) in [6.07, 6.45) is -0.467. The van der Waals surface area contributed by atoms with Crippen LogP contribution in [0.5, 0.6) is 0 Å². The van der Waals surface area contributed by atoms with Crippen molar-refractivity contribution in [2.24, 2.45) is 5.41 Å². The minimum atomic E-state index is -1.16. The quantitative estimate of drug-likeness (QED) is 0.520. The molecule has 5 nitrogen and oxygen atoms in total. The van der Waals surface area contributed by atoms with E-state index in [0.29, 0.717) is 13.0 Å². The zero-order valence-corrected chi connectivity index (χ0v) is 6.99. The highest BCUT2D eigenvalue weighted by atomic mass is 16.6. The van der Waals surface area contributed by atoms with Crippen LogP contribution in [0.15, 0.2) is 0 Å². The Balaban J connectivity index is 2.21. The van der Waals surface area contributed by atoms with Gasteiger partial charge < -0.3 is 14.6 Å². The van der Waals surface area contributed by atoms with Crippen molar-refractivity contribution in [2.75, 3.05) is 6.61 Å². The van der Waals surface area contributed by atoms with Crippen LogP contribution in [0.4, 0.5) is 0 Å². The number of ether oxygens (including phenoxy) is 2. The Morgan fingerprint density at radius 2 is 2.23 bits per heavy atom. The molecule has 0 aromatic rings. The molecule has 1 N–H and O–H groups in total. The van der Waals surface area contributed by atoms with Gasteiger partial charge in [-0.1, -0.05) is 0 Å². The molecule has 5 heteroatoms. The predicted octanol–water partition coefficient (Wildman–Crippen LogP) is -0.425. The summed E-state index contributed by atoms with van der Waals surface area (Å²) in [6.45, 7) is 0.332. The Labute approximate surface area is 74.6 Å². The van der Waals surface area contributed by atoms with Crippen LogP contribution in [0.3, 0.4) is 0 Å². The van der Waals surface area contributed by atoms with Gasteiger partial charge in [-0.25, -0.2) is 0 Å².